The lowest BCUT2D eigenvalue weighted by molar-refractivity contribution is -0.146. The molecule has 0 bridgehead atoms. The van der Waals surface area contributed by atoms with Gasteiger partial charge in [0.1, 0.15) is 5.70 Å². The minimum absolute atomic E-state index is 0.0516. The summed E-state index contributed by atoms with van der Waals surface area (Å²) in [6.07, 6.45) is 1.64. The maximum atomic E-state index is 11.8. The van der Waals surface area contributed by atoms with Crippen molar-refractivity contribution < 1.29 is 24.6 Å². The number of rotatable bonds is 6. The smallest absolute Gasteiger partial charge is 0.352 e. The van der Waals surface area contributed by atoms with Crippen LogP contribution in [0.4, 0.5) is 0 Å². The van der Waals surface area contributed by atoms with E-state index in [0.717, 1.165) is 0 Å². The first-order chi connectivity index (χ1) is 10.9. The summed E-state index contributed by atoms with van der Waals surface area (Å²) in [5.74, 6) is -2.15. The van der Waals surface area contributed by atoms with Gasteiger partial charge < -0.3 is 10.2 Å². The molecule has 2 aliphatic rings. The third kappa shape index (κ3) is 2.79. The Morgan fingerprint density at radius 1 is 1.48 bits per heavy atom. The van der Waals surface area contributed by atoms with Gasteiger partial charge in [0.15, 0.2) is 0 Å². The van der Waals surface area contributed by atoms with Gasteiger partial charge in [0, 0.05) is 10.8 Å². The fourth-order valence-corrected chi connectivity index (χ4v) is 8.27. The number of β-lactam (4-membered cyclic amide) rings is 1. The van der Waals surface area contributed by atoms with Crippen molar-refractivity contribution in [2.45, 2.75) is 17.0 Å². The van der Waals surface area contributed by atoms with Crippen LogP contribution in [0.3, 0.4) is 0 Å². The third-order valence-electron chi connectivity index (χ3n) is 3.73. The minimum Gasteiger partial charge on any atom is -0.481 e. The van der Waals surface area contributed by atoms with E-state index in [9.17, 15) is 24.6 Å². The van der Waals surface area contributed by atoms with Crippen LogP contribution in [0.2, 0.25) is 0 Å². The maximum Gasteiger partial charge on any atom is 0.352 e. The van der Waals surface area contributed by atoms with Crippen LogP contribution in [0, 0.1) is 0 Å². The van der Waals surface area contributed by atoms with Crippen LogP contribution in [-0.2, 0) is 14.4 Å². The van der Waals surface area contributed by atoms with Gasteiger partial charge in [-0.25, -0.2) is 4.79 Å². The molecule has 1 aromatic rings. The van der Waals surface area contributed by atoms with Gasteiger partial charge in [-0.1, -0.05) is 11.8 Å². The average Bonchev–Trinajstić information content (AvgIpc) is 2.98. The highest BCUT2D eigenvalue weighted by Gasteiger charge is 2.53. The number of aliphatic carboxylic acids is 2. The lowest BCUT2D eigenvalue weighted by Gasteiger charge is -2.57. The van der Waals surface area contributed by atoms with Gasteiger partial charge in [-0.3, -0.25) is 14.5 Å². The normalized spacial score (nSPS) is 29.0. The third-order valence-corrected chi connectivity index (χ3v) is 9.69. The van der Waals surface area contributed by atoms with Crippen LogP contribution in [0.25, 0.3) is 0 Å². The zero-order valence-electron chi connectivity index (χ0n) is 11.7. The number of aromatic amines is 1. The summed E-state index contributed by atoms with van der Waals surface area (Å²) in [6.45, 7) is 0. The number of aromatic nitrogens is 4. The second-order valence-corrected chi connectivity index (χ2v) is 10.1. The van der Waals surface area contributed by atoms with Crippen LogP contribution in [0.1, 0.15) is 6.42 Å². The molecule has 0 radical (unpaired) electrons. The maximum absolute atomic E-state index is 11.8. The Labute approximate surface area is 135 Å². The first-order valence-electron chi connectivity index (χ1n) is 6.52. The fourth-order valence-electron chi connectivity index (χ4n) is 2.67. The number of fused-ring (bicyclic) bond motifs is 1. The van der Waals surface area contributed by atoms with Gasteiger partial charge in [-0.2, -0.15) is 15.2 Å². The topological polar surface area (TPSA) is 149 Å². The molecule has 0 aliphatic carbocycles. The van der Waals surface area contributed by atoms with Crippen LogP contribution in [0.15, 0.2) is 16.9 Å². The molecule has 3 N–H and O–H groups in total. The highest BCUT2D eigenvalue weighted by atomic mass is 32.3. The number of amides is 1. The lowest BCUT2D eigenvalue weighted by atomic mass is 10.1. The SMILES string of the molecule is O=C(O)CS1(CSc2nn[nH]n2)CC=C(C(=O)O)N2C(=O)C[C@H]21. The Hall–Kier alpha value is -2.08. The molecule has 3 heterocycles. The number of hydrogen-bond acceptors (Lipinski definition) is 7. The van der Waals surface area contributed by atoms with Crippen molar-refractivity contribution in [1.29, 1.82) is 0 Å². The molecular formula is C11H13N5O5S2. The molecule has 12 heteroatoms. The predicted octanol–water partition coefficient (Wildman–Crippen LogP) is -0.321. The molecule has 1 aromatic heterocycles. The number of nitrogens with zero attached hydrogens (tertiary/aromatic N) is 4. The van der Waals surface area contributed by atoms with E-state index in [1.165, 1.54) is 22.7 Å². The van der Waals surface area contributed by atoms with Crippen molar-refractivity contribution >= 4 is 39.6 Å². The van der Waals surface area contributed by atoms with E-state index in [-0.39, 0.29) is 29.2 Å². The van der Waals surface area contributed by atoms with E-state index >= 15 is 0 Å². The van der Waals surface area contributed by atoms with Crippen molar-refractivity contribution in [2.24, 2.45) is 0 Å². The molecule has 124 valence electrons. The number of tetrazole rings is 1. The molecular weight excluding hydrogens is 346 g/mol. The Bertz CT molecular complexity index is 693. The first kappa shape index (κ1) is 15.8. The summed E-state index contributed by atoms with van der Waals surface area (Å²) in [5.41, 5.74) is -0.0516. The Balaban J connectivity index is 1.88. The quantitative estimate of drug-likeness (QED) is 0.458. The number of carboxylic acid groups (broad SMARTS) is 2. The van der Waals surface area contributed by atoms with E-state index in [1.807, 2.05) is 0 Å². The zero-order chi connectivity index (χ0) is 16.6. The number of carboxylic acids is 2. The number of H-pyrrole nitrogens is 1. The molecule has 1 unspecified atom stereocenters. The lowest BCUT2D eigenvalue weighted by Crippen LogP contribution is -2.58. The van der Waals surface area contributed by atoms with E-state index in [0.29, 0.717) is 16.0 Å². The van der Waals surface area contributed by atoms with E-state index < -0.39 is 22.0 Å². The Morgan fingerprint density at radius 3 is 2.83 bits per heavy atom. The second kappa shape index (κ2) is 5.85. The van der Waals surface area contributed by atoms with Crippen molar-refractivity contribution in [3.63, 3.8) is 0 Å². The molecule has 1 fully saturated rings. The highest BCUT2D eigenvalue weighted by Crippen LogP contribution is 2.63. The fraction of sp³-hybridized carbons (Fsp3) is 0.455. The molecule has 0 spiro atoms. The number of carbonyl (C=O) groups excluding carboxylic acids is 1. The summed E-state index contributed by atoms with van der Waals surface area (Å²) < 4.78 is 0. The van der Waals surface area contributed by atoms with Crippen molar-refractivity contribution in [3.05, 3.63) is 11.8 Å². The summed E-state index contributed by atoms with van der Waals surface area (Å²) in [5, 5.41) is 32.4. The Morgan fingerprint density at radius 2 is 2.26 bits per heavy atom. The molecule has 3 rings (SSSR count). The summed E-state index contributed by atoms with van der Waals surface area (Å²) in [4.78, 5) is 35.7. The standard InChI is InChI=1S/C11H13N5O5S2/c17-7-3-8-16(7)6(10(20)21)1-2-23(8,4-9(18)19)5-22-11-12-14-15-13-11/h1,8H,2-5H2,(H,18,19)(H,20,21)(H,12,13,14,15)/t8-/m1/s1. The molecule has 0 saturated carbocycles. The van der Waals surface area contributed by atoms with E-state index in [1.54, 1.807) is 0 Å². The average molecular weight is 359 g/mol. The van der Waals surface area contributed by atoms with Crippen LogP contribution >= 0.6 is 21.8 Å². The number of nitrogens with one attached hydrogen (secondary N) is 1. The minimum atomic E-state index is -1.81. The summed E-state index contributed by atoms with van der Waals surface area (Å²) >= 11 is 1.27. The second-order valence-electron chi connectivity index (χ2n) is 5.09. The van der Waals surface area contributed by atoms with Gasteiger partial charge in [-0.15, -0.1) is 10.2 Å². The van der Waals surface area contributed by atoms with Crippen LogP contribution < -0.4 is 0 Å². The zero-order valence-corrected chi connectivity index (χ0v) is 13.3. The van der Waals surface area contributed by atoms with Crippen molar-refractivity contribution in [1.82, 2.24) is 25.5 Å². The number of hydrogen-bond donors (Lipinski definition) is 3. The molecule has 2 aliphatic heterocycles. The first-order valence-corrected chi connectivity index (χ1v) is 9.71. The van der Waals surface area contributed by atoms with Crippen LogP contribution in [0.5, 0.6) is 0 Å². The molecule has 10 nitrogen and oxygen atoms in total. The van der Waals surface area contributed by atoms with E-state index in [4.69, 9.17) is 0 Å². The van der Waals surface area contributed by atoms with E-state index in [2.05, 4.69) is 20.6 Å². The summed E-state index contributed by atoms with van der Waals surface area (Å²) in [6, 6.07) is 0. The molecule has 2 atom stereocenters. The number of carbonyl (C=O) groups is 3. The van der Waals surface area contributed by atoms with Gasteiger partial charge >= 0.3 is 11.9 Å². The van der Waals surface area contributed by atoms with Gasteiger partial charge in [0.2, 0.25) is 11.1 Å². The van der Waals surface area contributed by atoms with Crippen molar-refractivity contribution in [3.8, 4) is 0 Å². The highest BCUT2D eigenvalue weighted by molar-refractivity contribution is 8.40. The number of thioether (sulfide) groups is 1. The van der Waals surface area contributed by atoms with Gasteiger partial charge in [0.05, 0.1) is 17.5 Å². The monoisotopic (exact) mass is 359 g/mol. The molecule has 1 amide bonds. The molecule has 1 saturated heterocycles. The van der Waals surface area contributed by atoms with Gasteiger partial charge in [-0.05, 0) is 11.3 Å². The summed E-state index contributed by atoms with van der Waals surface area (Å²) in [7, 11) is -1.81. The van der Waals surface area contributed by atoms with Gasteiger partial charge in [0.25, 0.3) is 0 Å². The van der Waals surface area contributed by atoms with Crippen LogP contribution in [-0.4, -0.2) is 75.5 Å². The molecule has 23 heavy (non-hydrogen) atoms. The molecule has 0 aromatic carbocycles. The predicted molar refractivity (Wildman–Crippen MR) is 80.8 cm³/mol. The largest absolute Gasteiger partial charge is 0.481 e. The van der Waals surface area contributed by atoms with Crippen molar-refractivity contribution in [2.75, 3.05) is 16.6 Å². The Kier molecular flexibility index (Phi) is 4.02.